The Hall–Kier alpha value is -1.79. The van der Waals surface area contributed by atoms with Crippen molar-refractivity contribution in [1.29, 1.82) is 0 Å². The molecule has 0 spiro atoms. The van der Waals surface area contributed by atoms with Gasteiger partial charge >= 0.3 is 0 Å². The summed E-state index contributed by atoms with van der Waals surface area (Å²) in [6.45, 7) is 9.14. The summed E-state index contributed by atoms with van der Waals surface area (Å²) >= 11 is 0. The first-order valence-electron chi connectivity index (χ1n) is 9.08. The second-order valence-electron chi connectivity index (χ2n) is 6.32. The number of carbonyl (C=O) groups excluding carboxylic acids is 1. The molecular formula is C19H31N3O3. The number of nitrogens with one attached hydrogen (secondary N) is 1. The Labute approximate surface area is 151 Å². The Bertz CT molecular complexity index is 543. The number of amides is 1. The van der Waals surface area contributed by atoms with Crippen LogP contribution >= 0.6 is 0 Å². The zero-order chi connectivity index (χ0) is 18.1. The summed E-state index contributed by atoms with van der Waals surface area (Å²) in [5.74, 6) is 1.56. The molecule has 2 rings (SSSR count). The van der Waals surface area contributed by atoms with Gasteiger partial charge in [0, 0.05) is 45.7 Å². The lowest BCUT2D eigenvalue weighted by atomic mass is 10.1. The molecule has 6 nitrogen and oxygen atoms in total. The van der Waals surface area contributed by atoms with Crippen LogP contribution in [0.5, 0.6) is 11.5 Å². The molecule has 1 fully saturated rings. The van der Waals surface area contributed by atoms with Gasteiger partial charge in [-0.3, -0.25) is 4.79 Å². The largest absolute Gasteiger partial charge is 0.493 e. The number of benzene rings is 1. The molecule has 140 valence electrons. The fraction of sp³-hybridized carbons (Fsp3) is 0.632. The molecule has 25 heavy (non-hydrogen) atoms. The van der Waals surface area contributed by atoms with Gasteiger partial charge in [-0.2, -0.15) is 0 Å². The van der Waals surface area contributed by atoms with Crippen molar-refractivity contribution in [3.63, 3.8) is 0 Å². The fourth-order valence-corrected chi connectivity index (χ4v) is 3.06. The first kappa shape index (κ1) is 19.5. The predicted octanol–water partition coefficient (Wildman–Crippen LogP) is 1.39. The lowest BCUT2D eigenvalue weighted by Crippen LogP contribution is -2.47. The molecular weight excluding hydrogens is 318 g/mol. The Kier molecular flexibility index (Phi) is 8.01. The Morgan fingerprint density at radius 1 is 1.08 bits per heavy atom. The molecule has 1 saturated heterocycles. The van der Waals surface area contributed by atoms with Crippen LogP contribution in [0.15, 0.2) is 18.2 Å². The van der Waals surface area contributed by atoms with E-state index in [9.17, 15) is 4.79 Å². The van der Waals surface area contributed by atoms with E-state index in [1.54, 1.807) is 14.2 Å². The highest BCUT2D eigenvalue weighted by atomic mass is 16.5. The topological polar surface area (TPSA) is 54.0 Å². The normalized spacial score (nSPS) is 15.8. The molecule has 6 heteroatoms. The van der Waals surface area contributed by atoms with Crippen LogP contribution in [0.4, 0.5) is 0 Å². The number of piperazine rings is 1. The van der Waals surface area contributed by atoms with Crippen molar-refractivity contribution in [1.82, 2.24) is 15.1 Å². The summed E-state index contributed by atoms with van der Waals surface area (Å²) in [5, 5.41) is 3.01. The molecule has 1 amide bonds. The zero-order valence-electron chi connectivity index (χ0n) is 15.7. The summed E-state index contributed by atoms with van der Waals surface area (Å²) in [4.78, 5) is 16.8. The van der Waals surface area contributed by atoms with Gasteiger partial charge in [-0.05, 0) is 30.7 Å². The van der Waals surface area contributed by atoms with E-state index in [0.717, 1.165) is 62.8 Å². The Morgan fingerprint density at radius 3 is 2.40 bits per heavy atom. The standard InChI is InChI=1S/C19H31N3O3/c1-4-21-11-13-22(14-12-21)10-8-19(23)20-9-7-16-5-6-17(24-2)18(15-16)25-3/h5-6,15H,4,7-14H2,1-3H3,(H,20,23). The molecule has 0 unspecified atom stereocenters. The third-order valence-electron chi connectivity index (χ3n) is 4.75. The molecule has 1 heterocycles. The summed E-state index contributed by atoms with van der Waals surface area (Å²) in [7, 11) is 3.25. The van der Waals surface area contributed by atoms with E-state index in [0.29, 0.717) is 13.0 Å². The lowest BCUT2D eigenvalue weighted by molar-refractivity contribution is -0.121. The SMILES string of the molecule is CCN1CCN(CCC(=O)NCCc2ccc(OC)c(OC)c2)CC1. The van der Waals surface area contributed by atoms with Gasteiger partial charge in [0.25, 0.3) is 0 Å². The van der Waals surface area contributed by atoms with E-state index < -0.39 is 0 Å². The zero-order valence-corrected chi connectivity index (χ0v) is 15.7. The third-order valence-corrected chi connectivity index (χ3v) is 4.75. The second-order valence-corrected chi connectivity index (χ2v) is 6.32. The molecule has 0 radical (unpaired) electrons. The van der Waals surface area contributed by atoms with Crippen molar-refractivity contribution in [3.05, 3.63) is 23.8 Å². The monoisotopic (exact) mass is 349 g/mol. The van der Waals surface area contributed by atoms with Gasteiger partial charge in [-0.1, -0.05) is 13.0 Å². The van der Waals surface area contributed by atoms with Crippen molar-refractivity contribution in [2.45, 2.75) is 19.8 Å². The first-order chi connectivity index (χ1) is 12.2. The molecule has 0 saturated carbocycles. The molecule has 0 aliphatic carbocycles. The lowest BCUT2D eigenvalue weighted by Gasteiger charge is -2.33. The minimum atomic E-state index is 0.124. The van der Waals surface area contributed by atoms with Crippen LogP contribution in [0.25, 0.3) is 0 Å². The van der Waals surface area contributed by atoms with Crippen LogP contribution in [-0.2, 0) is 11.2 Å². The van der Waals surface area contributed by atoms with Crippen LogP contribution in [0.2, 0.25) is 0 Å². The van der Waals surface area contributed by atoms with Crippen molar-refractivity contribution < 1.29 is 14.3 Å². The average molecular weight is 349 g/mol. The average Bonchev–Trinajstić information content (AvgIpc) is 2.66. The van der Waals surface area contributed by atoms with Gasteiger partial charge in [-0.15, -0.1) is 0 Å². The highest BCUT2D eigenvalue weighted by Gasteiger charge is 2.15. The minimum Gasteiger partial charge on any atom is -0.493 e. The fourth-order valence-electron chi connectivity index (χ4n) is 3.06. The number of ether oxygens (including phenoxy) is 2. The van der Waals surface area contributed by atoms with E-state index in [1.807, 2.05) is 18.2 Å². The summed E-state index contributed by atoms with van der Waals surface area (Å²) in [6, 6.07) is 5.85. The van der Waals surface area contributed by atoms with Crippen LogP contribution < -0.4 is 14.8 Å². The van der Waals surface area contributed by atoms with Crippen molar-refractivity contribution in [3.8, 4) is 11.5 Å². The highest BCUT2D eigenvalue weighted by Crippen LogP contribution is 2.27. The van der Waals surface area contributed by atoms with Gasteiger partial charge < -0.3 is 24.6 Å². The summed E-state index contributed by atoms with van der Waals surface area (Å²) in [5.41, 5.74) is 1.12. The maximum absolute atomic E-state index is 12.0. The number of rotatable bonds is 9. The molecule has 0 bridgehead atoms. The van der Waals surface area contributed by atoms with Crippen LogP contribution in [0, 0.1) is 0 Å². The van der Waals surface area contributed by atoms with Gasteiger partial charge in [0.15, 0.2) is 11.5 Å². The second kappa shape index (κ2) is 10.3. The van der Waals surface area contributed by atoms with E-state index in [-0.39, 0.29) is 5.91 Å². The number of methoxy groups -OCH3 is 2. The first-order valence-corrected chi connectivity index (χ1v) is 9.08. The Balaban J connectivity index is 1.65. The molecule has 1 aromatic rings. The van der Waals surface area contributed by atoms with Crippen LogP contribution in [0.1, 0.15) is 18.9 Å². The number of likely N-dealkylation sites (N-methyl/N-ethyl adjacent to an activating group) is 1. The predicted molar refractivity (Wildman–Crippen MR) is 99.4 cm³/mol. The third kappa shape index (κ3) is 6.21. The number of hydrogen-bond donors (Lipinski definition) is 1. The van der Waals surface area contributed by atoms with Crippen LogP contribution in [0.3, 0.4) is 0 Å². The van der Waals surface area contributed by atoms with E-state index in [4.69, 9.17) is 9.47 Å². The van der Waals surface area contributed by atoms with Crippen molar-refractivity contribution in [2.24, 2.45) is 0 Å². The van der Waals surface area contributed by atoms with E-state index in [1.165, 1.54) is 0 Å². The summed E-state index contributed by atoms with van der Waals surface area (Å²) < 4.78 is 10.5. The van der Waals surface area contributed by atoms with E-state index in [2.05, 4.69) is 22.0 Å². The highest BCUT2D eigenvalue weighted by molar-refractivity contribution is 5.76. The smallest absolute Gasteiger partial charge is 0.221 e. The van der Waals surface area contributed by atoms with Gasteiger partial charge in [0.1, 0.15) is 0 Å². The molecule has 0 atom stereocenters. The molecule has 0 aromatic heterocycles. The van der Waals surface area contributed by atoms with E-state index >= 15 is 0 Å². The van der Waals surface area contributed by atoms with Crippen molar-refractivity contribution in [2.75, 3.05) is 60.0 Å². The summed E-state index contributed by atoms with van der Waals surface area (Å²) in [6.07, 6.45) is 1.35. The maximum atomic E-state index is 12.0. The number of nitrogens with zero attached hydrogens (tertiary/aromatic N) is 2. The quantitative estimate of drug-likeness (QED) is 0.730. The Morgan fingerprint density at radius 2 is 1.76 bits per heavy atom. The molecule has 1 aromatic carbocycles. The minimum absolute atomic E-state index is 0.124. The maximum Gasteiger partial charge on any atom is 0.221 e. The molecule has 1 aliphatic rings. The number of hydrogen-bond acceptors (Lipinski definition) is 5. The molecule has 1 N–H and O–H groups in total. The molecule has 1 aliphatic heterocycles. The number of carbonyl (C=O) groups is 1. The van der Waals surface area contributed by atoms with Gasteiger partial charge in [0.05, 0.1) is 14.2 Å². The van der Waals surface area contributed by atoms with Gasteiger partial charge in [0.2, 0.25) is 5.91 Å². The van der Waals surface area contributed by atoms with Gasteiger partial charge in [-0.25, -0.2) is 0 Å². The van der Waals surface area contributed by atoms with Crippen LogP contribution in [-0.4, -0.2) is 75.7 Å². The van der Waals surface area contributed by atoms with Crippen molar-refractivity contribution >= 4 is 5.91 Å².